The second-order valence-corrected chi connectivity index (χ2v) is 11.0. The molecule has 3 atom stereocenters. The van der Waals surface area contributed by atoms with Crippen LogP contribution in [0.4, 0.5) is 0 Å². The summed E-state index contributed by atoms with van der Waals surface area (Å²) < 4.78 is 11.0. The fraction of sp³-hybridized carbons (Fsp3) is 0.571. The molecule has 1 aromatic carbocycles. The van der Waals surface area contributed by atoms with Gasteiger partial charge in [-0.25, -0.2) is 0 Å². The summed E-state index contributed by atoms with van der Waals surface area (Å²) in [5.74, 6) is -0.658. The smallest absolute Gasteiger partial charge is 0.255 e. The summed E-state index contributed by atoms with van der Waals surface area (Å²) in [7, 11) is 1.71. The molecule has 0 saturated heterocycles. The van der Waals surface area contributed by atoms with Gasteiger partial charge in [-0.2, -0.15) is 4.98 Å². The molecule has 12 heteroatoms. The molecule has 0 radical (unpaired) electrons. The summed E-state index contributed by atoms with van der Waals surface area (Å²) in [5.41, 5.74) is 0.210. The van der Waals surface area contributed by atoms with Crippen molar-refractivity contribution < 1.29 is 28.4 Å². The van der Waals surface area contributed by atoms with Crippen LogP contribution in [0.1, 0.15) is 69.0 Å². The predicted molar refractivity (Wildman–Crippen MR) is 146 cm³/mol. The predicted octanol–water partition coefficient (Wildman–Crippen LogP) is 1.98. The lowest BCUT2D eigenvalue weighted by Crippen LogP contribution is -2.54. The number of carbonyl (C=O) groups is 4. The largest absolute Gasteiger partial charge is 0.491 e. The highest BCUT2D eigenvalue weighted by Gasteiger charge is 2.33. The van der Waals surface area contributed by atoms with Gasteiger partial charge in [-0.3, -0.25) is 19.2 Å². The number of hydrogen-bond acceptors (Lipinski definition) is 8. The summed E-state index contributed by atoms with van der Waals surface area (Å²) in [6.45, 7) is 9.77. The first kappa shape index (κ1) is 30.6. The van der Waals surface area contributed by atoms with Crippen molar-refractivity contribution in [2.24, 2.45) is 11.8 Å². The number of nitrogens with zero attached hydrogens (tertiary/aromatic N) is 3. The van der Waals surface area contributed by atoms with Gasteiger partial charge < -0.3 is 30.1 Å². The topological polar surface area (TPSA) is 156 Å². The molecule has 0 saturated carbocycles. The van der Waals surface area contributed by atoms with Crippen LogP contribution in [0.2, 0.25) is 0 Å². The van der Waals surface area contributed by atoms with Crippen LogP contribution in [0.3, 0.4) is 0 Å². The minimum atomic E-state index is -1.24. The number of carbonyl (C=O) groups excluding carboxylic acids is 4. The molecule has 12 nitrogen and oxygen atoms in total. The number of fused-ring (bicyclic) bond motifs is 1. The van der Waals surface area contributed by atoms with E-state index in [2.05, 4.69) is 39.9 Å². The van der Waals surface area contributed by atoms with Crippen LogP contribution in [0.25, 0.3) is 0 Å². The molecule has 40 heavy (non-hydrogen) atoms. The highest BCUT2D eigenvalue weighted by atomic mass is 16.5. The number of ether oxygens (including phenoxy) is 1. The quantitative estimate of drug-likeness (QED) is 0.468. The SMILES string of the molecule is Cc1nc(CNC(=O)[C@@H]2CC(=O)N[C@H](CC(C)C)C(=O)N(C)[C@@H](CC(C)C)COc3ccccc3C(=O)N2)no1. The Bertz CT molecular complexity index is 1200. The zero-order chi connectivity index (χ0) is 29.4. The maximum absolute atomic E-state index is 13.6. The molecular formula is C28H40N6O6. The molecule has 4 amide bonds. The lowest BCUT2D eigenvalue weighted by Gasteiger charge is -2.33. The van der Waals surface area contributed by atoms with Crippen LogP contribution in [0.15, 0.2) is 28.8 Å². The van der Waals surface area contributed by atoms with Crippen molar-refractivity contribution in [3.63, 3.8) is 0 Å². The van der Waals surface area contributed by atoms with Crippen LogP contribution in [-0.4, -0.2) is 70.4 Å². The van der Waals surface area contributed by atoms with Crippen molar-refractivity contribution >= 4 is 23.6 Å². The van der Waals surface area contributed by atoms with E-state index in [1.165, 1.54) is 0 Å². The van der Waals surface area contributed by atoms with Crippen molar-refractivity contribution in [1.82, 2.24) is 31.0 Å². The first-order chi connectivity index (χ1) is 18.9. The zero-order valence-electron chi connectivity index (χ0n) is 24.0. The van der Waals surface area contributed by atoms with Crippen LogP contribution in [0, 0.1) is 18.8 Å². The Hall–Kier alpha value is -3.96. The summed E-state index contributed by atoms with van der Waals surface area (Å²) in [4.78, 5) is 59.0. The zero-order valence-corrected chi connectivity index (χ0v) is 24.0. The maximum Gasteiger partial charge on any atom is 0.255 e. The van der Waals surface area contributed by atoms with E-state index in [-0.39, 0.29) is 54.7 Å². The van der Waals surface area contributed by atoms with Gasteiger partial charge in [0.2, 0.25) is 23.6 Å². The number of aryl methyl sites for hydroxylation is 1. The normalized spacial score (nSPS) is 20.9. The van der Waals surface area contributed by atoms with Crippen LogP contribution >= 0.6 is 0 Å². The number of amides is 4. The van der Waals surface area contributed by atoms with Gasteiger partial charge in [-0.15, -0.1) is 0 Å². The van der Waals surface area contributed by atoms with Gasteiger partial charge in [-0.05, 0) is 36.8 Å². The number of rotatable bonds is 7. The Labute approximate surface area is 234 Å². The van der Waals surface area contributed by atoms with Crippen molar-refractivity contribution in [2.45, 2.75) is 78.6 Å². The molecule has 0 fully saturated rings. The second-order valence-electron chi connectivity index (χ2n) is 11.0. The Morgan fingerprint density at radius 3 is 2.45 bits per heavy atom. The van der Waals surface area contributed by atoms with Gasteiger partial charge in [0, 0.05) is 14.0 Å². The van der Waals surface area contributed by atoms with Gasteiger partial charge in [0.15, 0.2) is 5.82 Å². The van der Waals surface area contributed by atoms with E-state index in [1.54, 1.807) is 43.1 Å². The van der Waals surface area contributed by atoms with E-state index < -0.39 is 29.8 Å². The number of likely N-dealkylation sites (N-methyl/N-ethyl adjacent to an activating group) is 1. The molecule has 2 heterocycles. The highest BCUT2D eigenvalue weighted by Crippen LogP contribution is 2.22. The number of benzene rings is 1. The van der Waals surface area contributed by atoms with Gasteiger partial charge in [0.1, 0.15) is 24.4 Å². The van der Waals surface area contributed by atoms with Crippen molar-refractivity contribution in [3.05, 3.63) is 41.5 Å². The molecular weight excluding hydrogens is 516 g/mol. The Morgan fingerprint density at radius 2 is 1.80 bits per heavy atom. The summed E-state index contributed by atoms with van der Waals surface area (Å²) >= 11 is 0. The molecule has 1 aliphatic rings. The minimum absolute atomic E-state index is 0.0552. The summed E-state index contributed by atoms with van der Waals surface area (Å²) in [6.07, 6.45) is 0.696. The highest BCUT2D eigenvalue weighted by molar-refractivity contribution is 6.01. The van der Waals surface area contributed by atoms with E-state index in [9.17, 15) is 19.2 Å². The number of nitrogens with one attached hydrogen (secondary N) is 3. The van der Waals surface area contributed by atoms with E-state index >= 15 is 0 Å². The van der Waals surface area contributed by atoms with Crippen molar-refractivity contribution in [3.8, 4) is 5.75 Å². The van der Waals surface area contributed by atoms with E-state index in [0.29, 0.717) is 24.5 Å². The lowest BCUT2D eigenvalue weighted by molar-refractivity contribution is -0.138. The van der Waals surface area contributed by atoms with Crippen LogP contribution in [-0.2, 0) is 20.9 Å². The minimum Gasteiger partial charge on any atom is -0.491 e. The second kappa shape index (κ2) is 13.9. The number of para-hydroxylation sites is 1. The van der Waals surface area contributed by atoms with Gasteiger partial charge >= 0.3 is 0 Å². The maximum atomic E-state index is 13.6. The first-order valence-corrected chi connectivity index (χ1v) is 13.6. The molecule has 0 bridgehead atoms. The molecule has 1 aliphatic heterocycles. The lowest BCUT2D eigenvalue weighted by atomic mass is 9.99. The fourth-order valence-corrected chi connectivity index (χ4v) is 4.55. The molecule has 0 spiro atoms. The third-order valence-electron chi connectivity index (χ3n) is 6.54. The monoisotopic (exact) mass is 556 g/mol. The van der Waals surface area contributed by atoms with E-state index in [4.69, 9.17) is 9.26 Å². The standard InChI is InChI=1S/C28H40N6O6/c1-16(2)11-19-15-39-23-10-8-7-9-20(23)26(36)32-21(27(37)29-14-24-30-18(5)40-33-24)13-25(35)31-22(12-17(3)4)28(38)34(19)6/h7-10,16-17,19,21-22H,11-15H2,1-6H3,(H,29,37)(H,31,35)(H,32,36)/t19-,21-,22+/m0/s1. The average Bonchev–Trinajstić information content (AvgIpc) is 3.32. The van der Waals surface area contributed by atoms with Crippen molar-refractivity contribution in [2.75, 3.05) is 13.7 Å². The molecule has 3 N–H and O–H groups in total. The average molecular weight is 557 g/mol. The number of hydrogen-bond donors (Lipinski definition) is 3. The van der Waals surface area contributed by atoms with Crippen molar-refractivity contribution in [1.29, 1.82) is 0 Å². The Morgan fingerprint density at radius 1 is 1.10 bits per heavy atom. The molecule has 0 unspecified atom stereocenters. The third-order valence-corrected chi connectivity index (χ3v) is 6.54. The Balaban J connectivity index is 1.94. The molecule has 1 aromatic heterocycles. The van der Waals surface area contributed by atoms with E-state index in [1.807, 2.05) is 13.8 Å². The van der Waals surface area contributed by atoms with Crippen LogP contribution < -0.4 is 20.7 Å². The third kappa shape index (κ3) is 8.52. The summed E-state index contributed by atoms with van der Waals surface area (Å²) in [6, 6.07) is 4.34. The van der Waals surface area contributed by atoms with Crippen LogP contribution in [0.5, 0.6) is 5.75 Å². The van der Waals surface area contributed by atoms with Gasteiger partial charge in [0.05, 0.1) is 24.6 Å². The van der Waals surface area contributed by atoms with Gasteiger partial charge in [-0.1, -0.05) is 45.0 Å². The Kier molecular flexibility index (Phi) is 10.6. The van der Waals surface area contributed by atoms with Gasteiger partial charge in [0.25, 0.3) is 5.91 Å². The fourth-order valence-electron chi connectivity index (χ4n) is 4.55. The molecule has 0 aliphatic carbocycles. The molecule has 2 aromatic rings. The van der Waals surface area contributed by atoms with E-state index in [0.717, 1.165) is 0 Å². The molecule has 218 valence electrons. The summed E-state index contributed by atoms with van der Waals surface area (Å²) in [5, 5.41) is 11.9. The molecule has 3 rings (SSSR count). The first-order valence-electron chi connectivity index (χ1n) is 13.6. The number of aromatic nitrogens is 2.